The molecule has 2 N–H and O–H groups in total. The van der Waals surface area contributed by atoms with Gasteiger partial charge in [-0.1, -0.05) is 59.8 Å². The van der Waals surface area contributed by atoms with Crippen LogP contribution in [0.15, 0.2) is 11.6 Å². The summed E-state index contributed by atoms with van der Waals surface area (Å²) in [5.41, 5.74) is -0.355. The van der Waals surface area contributed by atoms with E-state index in [2.05, 4.69) is 50.3 Å². The molecule has 0 heterocycles. The van der Waals surface area contributed by atoms with Crippen LogP contribution in [-0.2, 0) is 23.5 Å². The Morgan fingerprint density at radius 2 is 1.57 bits per heavy atom. The van der Waals surface area contributed by atoms with Crippen molar-refractivity contribution in [2.45, 2.75) is 103 Å². The Kier molecular flexibility index (Phi) is 12.7. The maximum atomic E-state index is 12.1. The molecule has 0 bridgehead atoms. The summed E-state index contributed by atoms with van der Waals surface area (Å²) in [5, 5.41) is 21.6. The third-order valence-electron chi connectivity index (χ3n) is 5.76. The van der Waals surface area contributed by atoms with Gasteiger partial charge in [-0.05, 0) is 24.6 Å². The Bertz CT molecular complexity index is 566. The fourth-order valence-electron chi connectivity index (χ4n) is 2.76. The van der Waals surface area contributed by atoms with Gasteiger partial charge in [-0.3, -0.25) is 0 Å². The normalized spacial score (nSPS) is 16.0. The number of rotatable bonds is 13. The molecule has 0 rings (SSSR count). The first kappa shape index (κ1) is 28.8. The van der Waals surface area contributed by atoms with Crippen LogP contribution in [0.5, 0.6) is 0 Å². The Labute approximate surface area is 182 Å². The van der Waals surface area contributed by atoms with Crippen molar-refractivity contribution in [1.82, 2.24) is 0 Å². The predicted octanol–water partition coefficient (Wildman–Crippen LogP) is 3.73. The topological polar surface area (TPSA) is 102 Å². The third-order valence-corrected chi connectivity index (χ3v) is 10.3. The van der Waals surface area contributed by atoms with Gasteiger partial charge in [-0.25, -0.2) is 9.59 Å². The van der Waals surface area contributed by atoms with Gasteiger partial charge in [0, 0.05) is 6.08 Å². The smallest absolute Gasteiger partial charge is 0.336 e. The molecule has 176 valence electrons. The summed E-state index contributed by atoms with van der Waals surface area (Å²) in [6.45, 7) is 12.6. The van der Waals surface area contributed by atoms with Crippen molar-refractivity contribution in [2.24, 2.45) is 0 Å². The van der Waals surface area contributed by atoms with Crippen molar-refractivity contribution >= 4 is 20.3 Å². The summed E-state index contributed by atoms with van der Waals surface area (Å²) in [5.74, 6) is -1.72. The number of carbonyl (C=O) groups is 2. The molecule has 8 heteroatoms. The van der Waals surface area contributed by atoms with Crippen LogP contribution < -0.4 is 0 Å². The lowest BCUT2D eigenvalue weighted by molar-refractivity contribution is -0.141. The van der Waals surface area contributed by atoms with E-state index in [1.165, 1.54) is 0 Å². The van der Waals surface area contributed by atoms with Crippen LogP contribution in [0.1, 0.15) is 66.2 Å². The molecule has 0 aromatic carbocycles. The van der Waals surface area contributed by atoms with Gasteiger partial charge in [0.25, 0.3) is 0 Å². The van der Waals surface area contributed by atoms with Gasteiger partial charge in [0.15, 0.2) is 8.32 Å². The van der Waals surface area contributed by atoms with E-state index in [4.69, 9.17) is 4.43 Å². The van der Waals surface area contributed by atoms with Gasteiger partial charge in [-0.2, -0.15) is 0 Å². The second-order valence-corrected chi connectivity index (χ2v) is 13.9. The van der Waals surface area contributed by atoms with Crippen LogP contribution in [-0.4, -0.2) is 63.0 Å². The average molecular weight is 447 g/mol. The van der Waals surface area contributed by atoms with Gasteiger partial charge in [0.05, 0.1) is 25.9 Å². The number of aliphatic hydroxyl groups excluding tert-OH is 2. The van der Waals surface area contributed by atoms with Gasteiger partial charge in [-0.15, -0.1) is 0 Å². The van der Waals surface area contributed by atoms with Gasteiger partial charge in [0.2, 0.25) is 0 Å². The van der Waals surface area contributed by atoms with Crippen LogP contribution in [0.4, 0.5) is 0 Å². The zero-order valence-corrected chi connectivity index (χ0v) is 21.0. The van der Waals surface area contributed by atoms with Gasteiger partial charge >= 0.3 is 11.9 Å². The van der Waals surface area contributed by atoms with E-state index in [0.717, 1.165) is 52.4 Å². The van der Waals surface area contributed by atoms with Crippen LogP contribution in [0.2, 0.25) is 18.1 Å². The fraction of sp³-hybridized carbons (Fsp3) is 0.818. The van der Waals surface area contributed by atoms with E-state index >= 15 is 0 Å². The maximum absolute atomic E-state index is 12.1. The molecular formula is C22H42O7Si. The van der Waals surface area contributed by atoms with Gasteiger partial charge in [0.1, 0.15) is 12.2 Å². The second kappa shape index (κ2) is 13.2. The minimum absolute atomic E-state index is 0.0921. The number of ether oxygens (including phenoxy) is 2. The average Bonchev–Trinajstić information content (AvgIpc) is 2.68. The molecule has 30 heavy (non-hydrogen) atoms. The standard InChI is InChI=1S/C22H42O7Si/c1-9-10-11-12-13-14-17(29-30(7,8)22(2,3)4)20(25)19(24)16(21(26)28-6)15-18(23)27-5/h15,17,19-20,24-25H,9-14H2,1-8H3/b16-15-/t17-,19-,20-/m0/s1. The van der Waals surface area contributed by atoms with Crippen LogP contribution in [0.3, 0.4) is 0 Å². The Hall–Kier alpha value is -1.22. The molecule has 0 aliphatic heterocycles. The zero-order chi connectivity index (χ0) is 23.5. The lowest BCUT2D eigenvalue weighted by atomic mass is 9.96. The first-order valence-electron chi connectivity index (χ1n) is 10.7. The highest BCUT2D eigenvalue weighted by Crippen LogP contribution is 2.38. The first-order valence-corrected chi connectivity index (χ1v) is 13.6. The molecule has 0 fully saturated rings. The summed E-state index contributed by atoms with van der Waals surface area (Å²) < 4.78 is 15.6. The zero-order valence-electron chi connectivity index (χ0n) is 20.0. The molecular weight excluding hydrogens is 404 g/mol. The number of carbonyl (C=O) groups excluding carboxylic acids is 2. The van der Waals surface area contributed by atoms with E-state index in [0.29, 0.717) is 6.42 Å². The van der Waals surface area contributed by atoms with Crippen molar-refractivity contribution in [3.05, 3.63) is 11.6 Å². The second-order valence-electron chi connectivity index (χ2n) is 9.17. The highest BCUT2D eigenvalue weighted by atomic mass is 28.4. The number of hydrogen-bond donors (Lipinski definition) is 2. The monoisotopic (exact) mass is 446 g/mol. The quantitative estimate of drug-likeness (QED) is 0.192. The van der Waals surface area contributed by atoms with Gasteiger partial charge < -0.3 is 24.1 Å². The van der Waals surface area contributed by atoms with E-state index in [-0.39, 0.29) is 10.6 Å². The fourth-order valence-corrected chi connectivity index (χ4v) is 4.13. The van der Waals surface area contributed by atoms with Crippen molar-refractivity contribution < 1.29 is 33.7 Å². The molecule has 0 amide bonds. The van der Waals surface area contributed by atoms with E-state index in [9.17, 15) is 19.8 Å². The maximum Gasteiger partial charge on any atom is 0.336 e. The summed E-state index contributed by atoms with van der Waals surface area (Å²) in [6.07, 6.45) is 2.89. The molecule has 0 aromatic heterocycles. The Balaban J connectivity index is 5.67. The molecule has 0 unspecified atom stereocenters. The lowest BCUT2D eigenvalue weighted by Crippen LogP contribution is -2.50. The van der Waals surface area contributed by atoms with Crippen molar-refractivity contribution in [2.75, 3.05) is 14.2 Å². The first-order chi connectivity index (χ1) is 13.8. The summed E-state index contributed by atoms with van der Waals surface area (Å²) in [4.78, 5) is 23.8. The molecule has 0 aliphatic rings. The van der Waals surface area contributed by atoms with Crippen LogP contribution >= 0.6 is 0 Å². The minimum Gasteiger partial charge on any atom is -0.466 e. The summed E-state index contributed by atoms with van der Waals surface area (Å²) in [7, 11) is 0.0461. The Morgan fingerprint density at radius 1 is 1.00 bits per heavy atom. The largest absolute Gasteiger partial charge is 0.466 e. The van der Waals surface area contributed by atoms with Crippen LogP contribution in [0, 0.1) is 0 Å². The summed E-state index contributed by atoms with van der Waals surface area (Å²) >= 11 is 0. The molecule has 0 aliphatic carbocycles. The van der Waals surface area contributed by atoms with E-state index < -0.39 is 38.6 Å². The lowest BCUT2D eigenvalue weighted by Gasteiger charge is -2.41. The Morgan fingerprint density at radius 3 is 2.03 bits per heavy atom. The molecule has 0 spiro atoms. The molecule has 7 nitrogen and oxygen atoms in total. The molecule has 3 atom stereocenters. The molecule has 0 aromatic rings. The van der Waals surface area contributed by atoms with E-state index in [1.807, 2.05) is 0 Å². The van der Waals surface area contributed by atoms with Crippen molar-refractivity contribution in [3.63, 3.8) is 0 Å². The highest BCUT2D eigenvalue weighted by Gasteiger charge is 2.42. The number of unbranched alkanes of at least 4 members (excludes halogenated alkanes) is 4. The molecule has 0 saturated carbocycles. The minimum atomic E-state index is -2.26. The van der Waals surface area contributed by atoms with Crippen molar-refractivity contribution in [1.29, 1.82) is 0 Å². The summed E-state index contributed by atoms with van der Waals surface area (Å²) in [6, 6.07) is 0. The van der Waals surface area contributed by atoms with E-state index in [1.54, 1.807) is 0 Å². The SMILES string of the molecule is CCCCCCC[C@H](O[Si](C)(C)C(C)(C)C)[C@H](O)[C@@H](O)/C(=C/C(=O)OC)C(=O)OC. The number of esters is 2. The number of methoxy groups -OCH3 is 2. The molecule has 0 saturated heterocycles. The number of hydrogen-bond acceptors (Lipinski definition) is 7. The predicted molar refractivity (Wildman–Crippen MR) is 120 cm³/mol. The highest BCUT2D eigenvalue weighted by molar-refractivity contribution is 6.74. The third kappa shape index (κ3) is 9.28. The number of aliphatic hydroxyl groups is 2. The van der Waals surface area contributed by atoms with Crippen molar-refractivity contribution in [3.8, 4) is 0 Å². The van der Waals surface area contributed by atoms with Crippen LogP contribution in [0.25, 0.3) is 0 Å². The molecule has 0 radical (unpaired) electrons.